The van der Waals surface area contributed by atoms with Crippen molar-refractivity contribution in [1.82, 2.24) is 4.98 Å². The van der Waals surface area contributed by atoms with Crippen LogP contribution in [0, 0.1) is 12.8 Å². The van der Waals surface area contributed by atoms with Crippen LogP contribution in [-0.2, 0) is 14.3 Å². The standard InChI is InChI=1S/C20H25N3O5S2/c1-12(2)9-28-19(26)18-13(3)30-20(23-18)22-17(25)11-29-10-16(24)21-14-5-7-15(27-4)8-6-14/h5-8,12H,9-11H2,1-4H3,(H,21,24)(H,22,23,25). The van der Waals surface area contributed by atoms with E-state index in [1.165, 1.54) is 23.1 Å². The lowest BCUT2D eigenvalue weighted by Gasteiger charge is -2.06. The van der Waals surface area contributed by atoms with Gasteiger partial charge in [-0.05, 0) is 37.1 Å². The molecule has 0 aliphatic carbocycles. The number of hydrogen-bond donors (Lipinski definition) is 2. The molecule has 2 aromatic rings. The van der Waals surface area contributed by atoms with E-state index in [0.29, 0.717) is 28.1 Å². The SMILES string of the molecule is COc1ccc(NC(=O)CSCC(=O)Nc2nc(C(=O)OCC(C)C)c(C)s2)cc1. The number of hydrogen-bond acceptors (Lipinski definition) is 8. The number of aryl methyl sites for hydroxylation is 1. The molecule has 30 heavy (non-hydrogen) atoms. The van der Waals surface area contributed by atoms with Gasteiger partial charge in [-0.1, -0.05) is 13.8 Å². The van der Waals surface area contributed by atoms with Crippen LogP contribution in [0.4, 0.5) is 10.8 Å². The molecule has 8 nitrogen and oxygen atoms in total. The van der Waals surface area contributed by atoms with Gasteiger partial charge in [0.25, 0.3) is 0 Å². The summed E-state index contributed by atoms with van der Waals surface area (Å²) in [4.78, 5) is 41.0. The number of carbonyl (C=O) groups is 3. The summed E-state index contributed by atoms with van der Waals surface area (Å²) in [5, 5.41) is 5.74. The highest BCUT2D eigenvalue weighted by molar-refractivity contribution is 8.00. The maximum absolute atomic E-state index is 12.1. The van der Waals surface area contributed by atoms with Gasteiger partial charge in [0, 0.05) is 10.6 Å². The van der Waals surface area contributed by atoms with Gasteiger partial charge in [-0.25, -0.2) is 9.78 Å². The maximum atomic E-state index is 12.1. The molecule has 0 radical (unpaired) electrons. The molecule has 0 saturated carbocycles. The van der Waals surface area contributed by atoms with Gasteiger partial charge in [0.1, 0.15) is 5.75 Å². The maximum Gasteiger partial charge on any atom is 0.358 e. The van der Waals surface area contributed by atoms with Crippen molar-refractivity contribution in [3.63, 3.8) is 0 Å². The fraction of sp³-hybridized carbons (Fsp3) is 0.400. The average Bonchev–Trinajstić information content (AvgIpc) is 3.06. The summed E-state index contributed by atoms with van der Waals surface area (Å²) in [6.45, 7) is 5.95. The first kappa shape index (κ1) is 23.7. The van der Waals surface area contributed by atoms with Gasteiger partial charge in [0.15, 0.2) is 10.8 Å². The number of amides is 2. The van der Waals surface area contributed by atoms with E-state index in [1.54, 1.807) is 38.3 Å². The first-order valence-corrected chi connectivity index (χ1v) is 11.2. The molecular formula is C20H25N3O5S2. The molecule has 0 unspecified atom stereocenters. The zero-order chi connectivity index (χ0) is 22.1. The lowest BCUT2D eigenvalue weighted by molar-refractivity contribution is -0.114. The Labute approximate surface area is 183 Å². The number of thioether (sulfide) groups is 1. The molecule has 2 N–H and O–H groups in total. The monoisotopic (exact) mass is 451 g/mol. The summed E-state index contributed by atoms with van der Waals surface area (Å²) >= 11 is 2.39. The summed E-state index contributed by atoms with van der Waals surface area (Å²) in [5.41, 5.74) is 0.864. The van der Waals surface area contributed by atoms with E-state index in [1.807, 2.05) is 13.8 Å². The van der Waals surface area contributed by atoms with E-state index < -0.39 is 5.97 Å². The molecule has 0 aliphatic heterocycles. The van der Waals surface area contributed by atoms with Crippen LogP contribution < -0.4 is 15.4 Å². The third-order valence-corrected chi connectivity index (χ3v) is 5.44. The van der Waals surface area contributed by atoms with Crippen molar-refractivity contribution >= 4 is 51.7 Å². The third-order valence-electron chi connectivity index (χ3n) is 3.62. The molecule has 1 aromatic carbocycles. The number of benzene rings is 1. The Kier molecular flexibility index (Phi) is 9.13. The Hall–Kier alpha value is -2.59. The molecule has 1 aromatic heterocycles. The Bertz CT molecular complexity index is 881. The molecule has 0 fully saturated rings. The van der Waals surface area contributed by atoms with Crippen molar-refractivity contribution in [3.05, 3.63) is 34.8 Å². The second kappa shape index (κ2) is 11.6. The number of rotatable bonds is 10. The smallest absolute Gasteiger partial charge is 0.358 e. The highest BCUT2D eigenvalue weighted by Gasteiger charge is 2.18. The molecule has 0 spiro atoms. The van der Waals surface area contributed by atoms with Crippen LogP contribution in [0.1, 0.15) is 29.2 Å². The fourth-order valence-corrected chi connectivity index (χ4v) is 3.65. The first-order chi connectivity index (χ1) is 14.3. The highest BCUT2D eigenvalue weighted by atomic mass is 32.2. The van der Waals surface area contributed by atoms with Crippen LogP contribution in [0.5, 0.6) is 5.75 Å². The lowest BCUT2D eigenvalue weighted by Crippen LogP contribution is -2.18. The number of nitrogens with zero attached hydrogens (tertiary/aromatic N) is 1. The average molecular weight is 452 g/mol. The van der Waals surface area contributed by atoms with Crippen molar-refractivity contribution in [2.75, 3.05) is 35.9 Å². The Morgan fingerprint density at radius 3 is 2.33 bits per heavy atom. The van der Waals surface area contributed by atoms with E-state index in [4.69, 9.17) is 9.47 Å². The number of anilines is 2. The molecule has 2 amide bonds. The summed E-state index contributed by atoms with van der Waals surface area (Å²) in [5.74, 6) is 0.137. The molecular weight excluding hydrogens is 426 g/mol. The zero-order valence-electron chi connectivity index (χ0n) is 17.3. The van der Waals surface area contributed by atoms with Crippen LogP contribution in [0.3, 0.4) is 0 Å². The van der Waals surface area contributed by atoms with Gasteiger partial charge >= 0.3 is 5.97 Å². The van der Waals surface area contributed by atoms with Crippen molar-refractivity contribution in [1.29, 1.82) is 0 Å². The number of ether oxygens (including phenoxy) is 2. The van der Waals surface area contributed by atoms with Gasteiger partial charge in [-0.15, -0.1) is 23.1 Å². The summed E-state index contributed by atoms with van der Waals surface area (Å²) in [7, 11) is 1.57. The number of methoxy groups -OCH3 is 1. The van der Waals surface area contributed by atoms with E-state index >= 15 is 0 Å². The number of esters is 1. The number of aromatic nitrogens is 1. The second-order valence-corrected chi connectivity index (χ2v) is 8.92. The number of nitrogens with one attached hydrogen (secondary N) is 2. The van der Waals surface area contributed by atoms with Crippen LogP contribution in [0.2, 0.25) is 0 Å². The summed E-state index contributed by atoms with van der Waals surface area (Å²) in [6.07, 6.45) is 0. The molecule has 0 saturated heterocycles. The van der Waals surface area contributed by atoms with E-state index in [2.05, 4.69) is 15.6 Å². The highest BCUT2D eigenvalue weighted by Crippen LogP contribution is 2.23. The van der Waals surface area contributed by atoms with Gasteiger partial charge in [0.2, 0.25) is 11.8 Å². The molecule has 0 aliphatic rings. The molecule has 1 heterocycles. The van der Waals surface area contributed by atoms with E-state index in [0.717, 1.165) is 0 Å². The zero-order valence-corrected chi connectivity index (χ0v) is 18.9. The Morgan fingerprint density at radius 1 is 1.10 bits per heavy atom. The van der Waals surface area contributed by atoms with Crippen molar-refractivity contribution < 1.29 is 23.9 Å². The molecule has 0 bridgehead atoms. The predicted octanol–water partition coefficient (Wildman–Crippen LogP) is 3.58. The largest absolute Gasteiger partial charge is 0.497 e. The summed E-state index contributed by atoms with van der Waals surface area (Å²) in [6, 6.07) is 6.98. The molecule has 2 rings (SSSR count). The fourth-order valence-electron chi connectivity index (χ4n) is 2.21. The Morgan fingerprint density at radius 2 is 1.73 bits per heavy atom. The topological polar surface area (TPSA) is 107 Å². The van der Waals surface area contributed by atoms with E-state index in [9.17, 15) is 14.4 Å². The molecule has 10 heteroatoms. The quantitative estimate of drug-likeness (QED) is 0.532. The first-order valence-electron chi connectivity index (χ1n) is 9.24. The van der Waals surface area contributed by atoms with Gasteiger partial charge < -0.3 is 20.1 Å². The minimum atomic E-state index is -0.498. The normalized spacial score (nSPS) is 10.6. The second-order valence-electron chi connectivity index (χ2n) is 6.73. The van der Waals surface area contributed by atoms with Gasteiger partial charge in [-0.3, -0.25) is 9.59 Å². The van der Waals surface area contributed by atoms with E-state index in [-0.39, 0.29) is 34.9 Å². The Balaban J connectivity index is 1.75. The van der Waals surface area contributed by atoms with Gasteiger partial charge in [-0.2, -0.15) is 0 Å². The number of carbonyl (C=O) groups excluding carboxylic acids is 3. The number of thiazole rings is 1. The lowest BCUT2D eigenvalue weighted by atomic mass is 10.2. The van der Waals surface area contributed by atoms with Crippen LogP contribution in [0.25, 0.3) is 0 Å². The molecule has 162 valence electrons. The van der Waals surface area contributed by atoms with Gasteiger partial charge in [0.05, 0.1) is 25.2 Å². The van der Waals surface area contributed by atoms with Crippen LogP contribution >= 0.6 is 23.1 Å². The minimum Gasteiger partial charge on any atom is -0.497 e. The predicted molar refractivity (Wildman–Crippen MR) is 120 cm³/mol. The van der Waals surface area contributed by atoms with Crippen molar-refractivity contribution in [2.24, 2.45) is 5.92 Å². The van der Waals surface area contributed by atoms with Crippen molar-refractivity contribution in [3.8, 4) is 5.75 Å². The minimum absolute atomic E-state index is 0.0851. The van der Waals surface area contributed by atoms with Crippen LogP contribution in [0.15, 0.2) is 24.3 Å². The van der Waals surface area contributed by atoms with Crippen molar-refractivity contribution in [2.45, 2.75) is 20.8 Å². The summed E-state index contributed by atoms with van der Waals surface area (Å²) < 4.78 is 10.2. The molecule has 0 atom stereocenters. The third kappa shape index (κ3) is 7.68. The van der Waals surface area contributed by atoms with Crippen LogP contribution in [-0.4, -0.2) is 48.0 Å².